The Kier molecular flexibility index (Phi) is 4.85. The van der Waals surface area contributed by atoms with Gasteiger partial charge in [0.1, 0.15) is 6.54 Å². The van der Waals surface area contributed by atoms with Crippen LogP contribution in [0.2, 0.25) is 10.0 Å². The van der Waals surface area contributed by atoms with Crippen molar-refractivity contribution in [3.8, 4) is 0 Å². The second-order valence-electron chi connectivity index (χ2n) is 5.45. The number of fused-ring (bicyclic) bond motifs is 1. The Morgan fingerprint density at radius 1 is 1.38 bits per heavy atom. The van der Waals surface area contributed by atoms with E-state index < -0.39 is 11.2 Å². The van der Waals surface area contributed by atoms with Gasteiger partial charge in [0.05, 0.1) is 20.6 Å². The molecule has 2 aromatic rings. The van der Waals surface area contributed by atoms with Crippen molar-refractivity contribution in [3.63, 3.8) is 0 Å². The van der Waals surface area contributed by atoms with Crippen LogP contribution in [0.15, 0.2) is 32.4 Å². The highest BCUT2D eigenvalue weighted by atomic mass is 79.9. The fourth-order valence-electron chi connectivity index (χ4n) is 2.78. The van der Waals surface area contributed by atoms with Gasteiger partial charge >= 0.3 is 5.69 Å². The highest BCUT2D eigenvalue weighted by molar-refractivity contribution is 9.10. The van der Waals surface area contributed by atoms with Crippen LogP contribution in [0.25, 0.3) is 0 Å². The Bertz CT molecular complexity index is 939. The molecule has 1 atom stereocenters. The van der Waals surface area contributed by atoms with Crippen molar-refractivity contribution < 1.29 is 4.79 Å². The van der Waals surface area contributed by atoms with Crippen molar-refractivity contribution >= 4 is 45.0 Å². The van der Waals surface area contributed by atoms with Crippen molar-refractivity contribution in [3.05, 3.63) is 64.8 Å². The maximum absolute atomic E-state index is 12.2. The molecule has 2 N–H and O–H groups in total. The van der Waals surface area contributed by atoms with Gasteiger partial charge in [-0.2, -0.15) is 0 Å². The SMILES string of the molecule is O=C(Cn1cc(Br)c(=O)[nH]c1=O)NC1CCc2c1ccc(Cl)c2Cl. The Hall–Kier alpha value is -1.57. The lowest BCUT2D eigenvalue weighted by molar-refractivity contribution is -0.122. The number of nitrogens with one attached hydrogen (secondary N) is 2. The number of aromatic nitrogens is 2. The Morgan fingerprint density at radius 2 is 2.12 bits per heavy atom. The number of carbonyl (C=O) groups excluding carboxylic acids is 1. The molecule has 1 aromatic heterocycles. The number of hydrogen-bond acceptors (Lipinski definition) is 3. The minimum atomic E-state index is -0.639. The lowest BCUT2D eigenvalue weighted by Crippen LogP contribution is -2.37. The third-order valence-electron chi connectivity index (χ3n) is 3.91. The normalized spacial score (nSPS) is 16.0. The number of amides is 1. The van der Waals surface area contributed by atoms with Gasteiger partial charge in [-0.3, -0.25) is 19.1 Å². The predicted octanol–water partition coefficient (Wildman–Crippen LogP) is 2.41. The molecule has 3 rings (SSSR count). The molecule has 24 heavy (non-hydrogen) atoms. The van der Waals surface area contributed by atoms with Gasteiger partial charge in [-0.05, 0) is 46.0 Å². The molecule has 126 valence electrons. The molecule has 9 heteroatoms. The van der Waals surface area contributed by atoms with Crippen LogP contribution in [0.1, 0.15) is 23.6 Å². The molecule has 1 aromatic carbocycles. The van der Waals surface area contributed by atoms with Gasteiger partial charge in [0.25, 0.3) is 5.56 Å². The van der Waals surface area contributed by atoms with Crippen LogP contribution >= 0.6 is 39.1 Å². The van der Waals surface area contributed by atoms with Crippen molar-refractivity contribution in [1.82, 2.24) is 14.9 Å². The summed E-state index contributed by atoms with van der Waals surface area (Å²) < 4.78 is 1.31. The van der Waals surface area contributed by atoms with Gasteiger partial charge < -0.3 is 5.32 Å². The van der Waals surface area contributed by atoms with Crippen molar-refractivity contribution in [2.75, 3.05) is 0 Å². The van der Waals surface area contributed by atoms with Gasteiger partial charge in [-0.15, -0.1) is 0 Å². The van der Waals surface area contributed by atoms with E-state index >= 15 is 0 Å². The van der Waals surface area contributed by atoms with Crippen LogP contribution in [0.5, 0.6) is 0 Å². The van der Waals surface area contributed by atoms with E-state index in [1.165, 1.54) is 6.20 Å². The first-order valence-electron chi connectivity index (χ1n) is 7.12. The lowest BCUT2D eigenvalue weighted by atomic mass is 10.1. The van der Waals surface area contributed by atoms with E-state index in [2.05, 4.69) is 26.2 Å². The molecule has 0 saturated carbocycles. The molecule has 6 nitrogen and oxygen atoms in total. The molecule has 0 saturated heterocycles. The summed E-state index contributed by atoms with van der Waals surface area (Å²) in [6, 6.07) is 3.38. The zero-order chi connectivity index (χ0) is 17.4. The molecule has 1 unspecified atom stereocenters. The maximum Gasteiger partial charge on any atom is 0.328 e. The summed E-state index contributed by atoms with van der Waals surface area (Å²) in [4.78, 5) is 37.4. The third-order valence-corrected chi connectivity index (χ3v) is 5.32. The maximum atomic E-state index is 12.2. The van der Waals surface area contributed by atoms with E-state index in [9.17, 15) is 14.4 Å². The lowest BCUT2D eigenvalue weighted by Gasteiger charge is -2.15. The molecular weight excluding hydrogens is 421 g/mol. The smallest absolute Gasteiger partial charge is 0.328 e. The molecule has 0 aliphatic heterocycles. The van der Waals surface area contributed by atoms with E-state index in [0.29, 0.717) is 16.5 Å². The summed E-state index contributed by atoms with van der Waals surface area (Å²) in [5.74, 6) is -0.333. The summed E-state index contributed by atoms with van der Waals surface area (Å²) >= 11 is 15.2. The average molecular weight is 433 g/mol. The third kappa shape index (κ3) is 3.29. The van der Waals surface area contributed by atoms with Crippen LogP contribution in [0.4, 0.5) is 0 Å². The van der Waals surface area contributed by atoms with Crippen molar-refractivity contribution in [2.45, 2.75) is 25.4 Å². The molecule has 1 aliphatic carbocycles. The van der Waals surface area contributed by atoms with Gasteiger partial charge in [0.2, 0.25) is 5.91 Å². The predicted molar refractivity (Wildman–Crippen MR) is 94.7 cm³/mol. The molecule has 0 spiro atoms. The Labute approximate surface area is 154 Å². The van der Waals surface area contributed by atoms with Crippen LogP contribution in [0, 0.1) is 0 Å². The minimum absolute atomic E-state index is 0.177. The van der Waals surface area contributed by atoms with E-state index in [4.69, 9.17) is 23.2 Å². The van der Waals surface area contributed by atoms with Crippen LogP contribution in [-0.4, -0.2) is 15.5 Å². The summed E-state index contributed by atoms with van der Waals surface area (Å²) in [7, 11) is 0. The van der Waals surface area contributed by atoms with E-state index in [-0.39, 0.29) is 23.0 Å². The number of halogens is 3. The van der Waals surface area contributed by atoms with Gasteiger partial charge in [0.15, 0.2) is 0 Å². The molecule has 1 amide bonds. The molecular formula is C15H12BrCl2N3O3. The standard InChI is InChI=1S/C15H12BrCl2N3O3/c16-9-5-21(15(24)20-14(9)23)6-12(22)19-11-4-2-8-7(11)1-3-10(17)13(8)18/h1,3,5,11H,2,4,6H2,(H,19,22)(H,20,23,24). The molecule has 1 heterocycles. The highest BCUT2D eigenvalue weighted by Crippen LogP contribution is 2.38. The topological polar surface area (TPSA) is 84.0 Å². The molecule has 1 aliphatic rings. The Morgan fingerprint density at radius 3 is 2.88 bits per heavy atom. The zero-order valence-electron chi connectivity index (χ0n) is 12.2. The number of H-pyrrole nitrogens is 1. The first-order valence-corrected chi connectivity index (χ1v) is 8.67. The number of carbonyl (C=O) groups is 1. The number of benzene rings is 1. The van der Waals surface area contributed by atoms with E-state index in [1.54, 1.807) is 6.07 Å². The van der Waals surface area contributed by atoms with E-state index in [0.717, 1.165) is 22.1 Å². The second kappa shape index (κ2) is 6.74. The largest absolute Gasteiger partial charge is 0.348 e. The average Bonchev–Trinajstić information content (AvgIpc) is 2.92. The summed E-state index contributed by atoms with van der Waals surface area (Å²) in [5, 5.41) is 3.90. The summed E-state index contributed by atoms with van der Waals surface area (Å²) in [5.41, 5.74) is 0.707. The first-order chi connectivity index (χ1) is 11.4. The fourth-order valence-corrected chi connectivity index (χ4v) is 3.57. The first kappa shape index (κ1) is 17.3. The highest BCUT2D eigenvalue weighted by Gasteiger charge is 2.26. The molecule has 0 fully saturated rings. The molecule has 0 bridgehead atoms. The number of aromatic amines is 1. The second-order valence-corrected chi connectivity index (χ2v) is 7.09. The monoisotopic (exact) mass is 431 g/mol. The van der Waals surface area contributed by atoms with E-state index in [1.807, 2.05) is 6.07 Å². The Balaban J connectivity index is 1.76. The molecule has 0 radical (unpaired) electrons. The van der Waals surface area contributed by atoms with Gasteiger partial charge in [-0.25, -0.2) is 4.79 Å². The van der Waals surface area contributed by atoms with Crippen LogP contribution in [-0.2, 0) is 17.8 Å². The quantitative estimate of drug-likeness (QED) is 0.780. The number of nitrogens with zero attached hydrogens (tertiary/aromatic N) is 1. The number of rotatable bonds is 3. The van der Waals surface area contributed by atoms with Crippen LogP contribution in [0.3, 0.4) is 0 Å². The summed E-state index contributed by atoms with van der Waals surface area (Å²) in [6.07, 6.45) is 2.73. The van der Waals surface area contributed by atoms with Gasteiger partial charge in [-0.1, -0.05) is 29.3 Å². The van der Waals surface area contributed by atoms with Crippen molar-refractivity contribution in [1.29, 1.82) is 0 Å². The minimum Gasteiger partial charge on any atom is -0.348 e. The fraction of sp³-hybridized carbons (Fsp3) is 0.267. The van der Waals surface area contributed by atoms with Crippen molar-refractivity contribution in [2.24, 2.45) is 0 Å². The van der Waals surface area contributed by atoms with Gasteiger partial charge in [0, 0.05) is 6.20 Å². The van der Waals surface area contributed by atoms with Crippen LogP contribution < -0.4 is 16.6 Å². The summed E-state index contributed by atoms with van der Waals surface area (Å²) in [6.45, 7) is -0.193. The number of hydrogen-bond donors (Lipinski definition) is 2. The zero-order valence-corrected chi connectivity index (χ0v) is 15.3.